The fourth-order valence-electron chi connectivity index (χ4n) is 0.640. The Bertz CT molecular complexity index is 125. The van der Waals surface area contributed by atoms with Gasteiger partial charge in [-0.25, -0.2) is 4.58 Å². The van der Waals surface area contributed by atoms with Gasteiger partial charge in [0, 0.05) is 13.5 Å². The summed E-state index contributed by atoms with van der Waals surface area (Å²) < 4.78 is 2.11. The van der Waals surface area contributed by atoms with E-state index >= 15 is 0 Å². The molecule has 0 rings (SSSR count). The fraction of sp³-hybridized carbons (Fsp3) is 0.625. The minimum absolute atomic E-state index is 0.984. The van der Waals surface area contributed by atoms with E-state index in [0.29, 0.717) is 0 Å². The molecule has 0 saturated carbocycles. The summed E-state index contributed by atoms with van der Waals surface area (Å²) in [6, 6.07) is 0. The lowest BCUT2D eigenvalue weighted by atomic mass is 10.6. The highest BCUT2D eigenvalue weighted by Crippen LogP contribution is 1.74. The molecule has 2 heteroatoms. The molecule has 0 fully saturated rings. The van der Waals surface area contributed by atoms with E-state index in [1.807, 2.05) is 25.5 Å². The number of nitrogens with zero attached hydrogens (tertiary/aromatic N) is 1. The number of hydrogen-bond acceptors (Lipinski definition) is 1. The van der Waals surface area contributed by atoms with Crippen LogP contribution in [0.5, 0.6) is 0 Å². The van der Waals surface area contributed by atoms with Gasteiger partial charge >= 0.3 is 0 Å². The molecule has 0 radical (unpaired) electrons. The summed E-state index contributed by atoms with van der Waals surface area (Å²) in [5, 5.41) is 3.11. The van der Waals surface area contributed by atoms with E-state index in [2.05, 4.69) is 23.7 Å². The molecule has 0 heterocycles. The van der Waals surface area contributed by atoms with Gasteiger partial charge in [0.1, 0.15) is 12.8 Å². The van der Waals surface area contributed by atoms with Crippen molar-refractivity contribution >= 4 is 6.21 Å². The van der Waals surface area contributed by atoms with E-state index in [1.54, 1.807) is 0 Å². The van der Waals surface area contributed by atoms with E-state index in [9.17, 15) is 0 Å². The van der Waals surface area contributed by atoms with Crippen molar-refractivity contribution in [3.05, 3.63) is 12.4 Å². The molecule has 0 aromatic rings. The molecule has 10 heavy (non-hydrogen) atoms. The Kier molecular flexibility index (Phi) is 5.83. The Morgan fingerprint density at radius 1 is 1.40 bits per heavy atom. The largest absolute Gasteiger partial charge is 0.386 e. The highest BCUT2D eigenvalue weighted by molar-refractivity contribution is 5.47. The van der Waals surface area contributed by atoms with Crippen LogP contribution in [0, 0.1) is 0 Å². The molecule has 0 aliphatic rings. The van der Waals surface area contributed by atoms with E-state index in [0.717, 1.165) is 13.1 Å². The molecule has 0 aromatic heterocycles. The Balaban J connectivity index is 3.63. The second-order valence-electron chi connectivity index (χ2n) is 1.96. The van der Waals surface area contributed by atoms with Gasteiger partial charge in [-0.1, -0.05) is 0 Å². The molecule has 1 N–H and O–H groups in total. The highest BCUT2D eigenvalue weighted by Gasteiger charge is 1.87. The lowest BCUT2D eigenvalue weighted by molar-refractivity contribution is -0.448. The van der Waals surface area contributed by atoms with Crippen molar-refractivity contribution < 1.29 is 4.58 Å². The summed E-state index contributed by atoms with van der Waals surface area (Å²) >= 11 is 0. The third-order valence-electron chi connectivity index (χ3n) is 1.28. The summed E-state index contributed by atoms with van der Waals surface area (Å²) in [5.41, 5.74) is 0. The van der Waals surface area contributed by atoms with Crippen molar-refractivity contribution in [2.75, 3.05) is 13.1 Å². The zero-order valence-corrected chi connectivity index (χ0v) is 7.09. The first-order chi connectivity index (χ1) is 4.85. The highest BCUT2D eigenvalue weighted by atomic mass is 15.0. The smallest absolute Gasteiger partial charge is 0.184 e. The van der Waals surface area contributed by atoms with Gasteiger partial charge in [-0.3, -0.25) is 0 Å². The lowest BCUT2D eigenvalue weighted by Gasteiger charge is -1.91. The van der Waals surface area contributed by atoms with E-state index in [-0.39, 0.29) is 0 Å². The first-order valence-electron chi connectivity index (χ1n) is 3.80. The third-order valence-corrected chi connectivity index (χ3v) is 1.28. The molecule has 58 valence electrons. The minimum Gasteiger partial charge on any atom is -0.386 e. The third kappa shape index (κ3) is 4.13. The second-order valence-corrected chi connectivity index (χ2v) is 1.96. The second kappa shape index (κ2) is 6.33. The van der Waals surface area contributed by atoms with Gasteiger partial charge in [-0.2, -0.15) is 0 Å². The molecule has 0 aliphatic heterocycles. The maximum absolute atomic E-state index is 3.11. The van der Waals surface area contributed by atoms with E-state index < -0.39 is 0 Å². The predicted molar refractivity (Wildman–Crippen MR) is 45.4 cm³/mol. The van der Waals surface area contributed by atoms with Crippen LogP contribution in [0.2, 0.25) is 0 Å². The van der Waals surface area contributed by atoms with Crippen molar-refractivity contribution in [2.24, 2.45) is 0 Å². The molecular weight excluding hydrogens is 124 g/mol. The van der Waals surface area contributed by atoms with Crippen LogP contribution in [-0.2, 0) is 0 Å². The van der Waals surface area contributed by atoms with Crippen molar-refractivity contribution in [2.45, 2.75) is 20.8 Å². The zero-order chi connectivity index (χ0) is 7.82. The molecule has 0 aliphatic carbocycles. The summed E-state index contributed by atoms with van der Waals surface area (Å²) in [5.74, 6) is 0. The molecule has 0 atom stereocenters. The van der Waals surface area contributed by atoms with Gasteiger partial charge in [0.2, 0.25) is 0 Å². The van der Waals surface area contributed by atoms with Gasteiger partial charge in [0.15, 0.2) is 6.20 Å². The van der Waals surface area contributed by atoms with Crippen LogP contribution in [-0.4, -0.2) is 23.9 Å². The molecule has 2 nitrogen and oxygen atoms in total. The molecule has 0 amide bonds. The van der Waals surface area contributed by atoms with Crippen molar-refractivity contribution in [1.82, 2.24) is 5.32 Å². The van der Waals surface area contributed by atoms with Crippen LogP contribution in [0.25, 0.3) is 0 Å². The standard InChI is InChI=1S/C8H17N2/c1-4-9-7-8-10(5-2)6-3/h5,7-9H,4,6H2,1-3H3/q+1/b8-7-,10-5?. The van der Waals surface area contributed by atoms with E-state index in [4.69, 9.17) is 0 Å². The van der Waals surface area contributed by atoms with E-state index in [1.165, 1.54) is 0 Å². The number of nitrogens with one attached hydrogen (secondary N) is 1. The molecule has 0 saturated heterocycles. The average molecular weight is 141 g/mol. The zero-order valence-electron chi connectivity index (χ0n) is 7.09. The molecule has 0 aromatic carbocycles. The van der Waals surface area contributed by atoms with Gasteiger partial charge < -0.3 is 5.32 Å². The normalized spacial score (nSPS) is 12.5. The SMILES string of the molecule is CC=[N+](/C=C\NCC)CC. The summed E-state index contributed by atoms with van der Waals surface area (Å²) in [6.45, 7) is 8.24. The maximum Gasteiger partial charge on any atom is 0.184 e. The van der Waals surface area contributed by atoms with Crippen molar-refractivity contribution in [3.8, 4) is 0 Å². The lowest BCUT2D eigenvalue weighted by Crippen LogP contribution is -2.07. The van der Waals surface area contributed by atoms with Crippen LogP contribution in [0.15, 0.2) is 12.4 Å². The first-order valence-corrected chi connectivity index (χ1v) is 3.80. The molecule has 0 spiro atoms. The predicted octanol–water partition coefficient (Wildman–Crippen LogP) is 1.19. The van der Waals surface area contributed by atoms with Crippen molar-refractivity contribution in [1.29, 1.82) is 0 Å². The molecule has 0 unspecified atom stereocenters. The Hall–Kier alpha value is -0.790. The van der Waals surface area contributed by atoms with Crippen LogP contribution >= 0.6 is 0 Å². The summed E-state index contributed by atoms with van der Waals surface area (Å²) in [4.78, 5) is 0. The Morgan fingerprint density at radius 2 is 2.10 bits per heavy atom. The minimum atomic E-state index is 0.984. The van der Waals surface area contributed by atoms with Crippen LogP contribution in [0.3, 0.4) is 0 Å². The summed E-state index contributed by atoms with van der Waals surface area (Å²) in [7, 11) is 0. The van der Waals surface area contributed by atoms with Crippen LogP contribution < -0.4 is 5.32 Å². The van der Waals surface area contributed by atoms with Gasteiger partial charge in [-0.15, -0.1) is 0 Å². The topological polar surface area (TPSA) is 15.0 Å². The van der Waals surface area contributed by atoms with Gasteiger partial charge in [0.05, 0.1) is 6.20 Å². The molecular formula is C8H17N2+. The quantitative estimate of drug-likeness (QED) is 0.459. The van der Waals surface area contributed by atoms with Crippen molar-refractivity contribution in [3.63, 3.8) is 0 Å². The van der Waals surface area contributed by atoms with Crippen LogP contribution in [0.1, 0.15) is 20.8 Å². The number of rotatable bonds is 4. The monoisotopic (exact) mass is 141 g/mol. The van der Waals surface area contributed by atoms with Crippen LogP contribution in [0.4, 0.5) is 0 Å². The van der Waals surface area contributed by atoms with Gasteiger partial charge in [0.25, 0.3) is 0 Å². The first kappa shape index (κ1) is 9.21. The average Bonchev–Trinajstić information content (AvgIpc) is 1.99. The maximum atomic E-state index is 3.11. The fourth-order valence-corrected chi connectivity index (χ4v) is 0.640. The van der Waals surface area contributed by atoms with Gasteiger partial charge in [-0.05, 0) is 13.8 Å². The Morgan fingerprint density at radius 3 is 2.50 bits per heavy atom. The summed E-state index contributed by atoms with van der Waals surface area (Å²) in [6.07, 6.45) is 6.04. The molecule has 0 bridgehead atoms. The number of hydrogen-bond donors (Lipinski definition) is 1. The Labute approximate surface area is 63.3 Å².